The lowest BCUT2D eigenvalue weighted by atomic mass is 9.88. The number of nitrogens with one attached hydrogen (secondary N) is 1. The van der Waals surface area contributed by atoms with Crippen molar-refractivity contribution in [2.45, 2.75) is 44.0 Å². The molecule has 1 N–H and O–H groups in total. The van der Waals surface area contributed by atoms with Crippen LogP contribution in [0.2, 0.25) is 0 Å². The van der Waals surface area contributed by atoms with Gasteiger partial charge in [-0.15, -0.1) is 0 Å². The molecule has 0 bridgehead atoms. The molecule has 0 fully saturated rings. The summed E-state index contributed by atoms with van der Waals surface area (Å²) in [7, 11) is -0.410. The van der Waals surface area contributed by atoms with Gasteiger partial charge in [-0.1, -0.05) is 6.07 Å². The van der Waals surface area contributed by atoms with E-state index in [0.29, 0.717) is 16.2 Å². The number of benzene rings is 2. The van der Waals surface area contributed by atoms with Crippen LogP contribution in [0.3, 0.4) is 0 Å². The van der Waals surface area contributed by atoms with Gasteiger partial charge in [-0.3, -0.25) is 0 Å². The zero-order valence-electron chi connectivity index (χ0n) is 15.6. The van der Waals surface area contributed by atoms with E-state index in [1.165, 1.54) is 0 Å². The summed E-state index contributed by atoms with van der Waals surface area (Å²) in [5, 5.41) is 0. The standard InChI is InChI=1S/C20H25NO4S/c1-13-11-20(14(2)10-19(13)25-4)26(22,23)21-18-7-5-6-15-12-16(24-3)8-9-17(15)18/h8-12,18,21H,5-7H2,1-4H3/t18-/m1/s1. The molecule has 0 spiro atoms. The van der Waals surface area contributed by atoms with Crippen LogP contribution in [0.5, 0.6) is 11.5 Å². The zero-order chi connectivity index (χ0) is 18.9. The molecule has 1 aliphatic rings. The number of hydrogen-bond acceptors (Lipinski definition) is 4. The zero-order valence-corrected chi connectivity index (χ0v) is 16.4. The lowest BCUT2D eigenvalue weighted by molar-refractivity contribution is 0.411. The molecule has 0 aromatic heterocycles. The minimum absolute atomic E-state index is 0.225. The Morgan fingerprint density at radius 3 is 2.50 bits per heavy atom. The Balaban J connectivity index is 1.93. The molecule has 0 saturated heterocycles. The van der Waals surface area contributed by atoms with E-state index in [0.717, 1.165) is 41.7 Å². The predicted molar refractivity (Wildman–Crippen MR) is 101 cm³/mol. The van der Waals surface area contributed by atoms with Gasteiger partial charge in [-0.25, -0.2) is 13.1 Å². The Labute approximate surface area is 155 Å². The van der Waals surface area contributed by atoms with Crippen LogP contribution in [0, 0.1) is 13.8 Å². The van der Waals surface area contributed by atoms with Crippen LogP contribution in [0.25, 0.3) is 0 Å². The number of ether oxygens (including phenoxy) is 2. The van der Waals surface area contributed by atoms with Crippen molar-refractivity contribution in [3.8, 4) is 11.5 Å². The molecule has 1 atom stereocenters. The molecule has 1 aliphatic carbocycles. The van der Waals surface area contributed by atoms with Gasteiger partial charge >= 0.3 is 0 Å². The molecule has 26 heavy (non-hydrogen) atoms. The first-order valence-electron chi connectivity index (χ1n) is 8.70. The first kappa shape index (κ1) is 18.7. The molecule has 0 heterocycles. The Hall–Kier alpha value is -2.05. The van der Waals surface area contributed by atoms with Crippen LogP contribution in [-0.4, -0.2) is 22.6 Å². The molecule has 6 heteroatoms. The van der Waals surface area contributed by atoms with Crippen LogP contribution < -0.4 is 14.2 Å². The maximum absolute atomic E-state index is 13.0. The second-order valence-electron chi connectivity index (χ2n) is 6.72. The average Bonchev–Trinajstić information content (AvgIpc) is 2.62. The fourth-order valence-electron chi connectivity index (χ4n) is 3.56. The minimum atomic E-state index is -3.63. The van der Waals surface area contributed by atoms with Crippen molar-refractivity contribution >= 4 is 10.0 Å². The van der Waals surface area contributed by atoms with E-state index >= 15 is 0 Å². The Morgan fingerprint density at radius 2 is 1.81 bits per heavy atom. The van der Waals surface area contributed by atoms with Crippen molar-refractivity contribution < 1.29 is 17.9 Å². The van der Waals surface area contributed by atoms with Gasteiger partial charge in [0.1, 0.15) is 11.5 Å². The topological polar surface area (TPSA) is 64.6 Å². The largest absolute Gasteiger partial charge is 0.497 e. The normalized spacial score (nSPS) is 16.8. The van der Waals surface area contributed by atoms with Crippen molar-refractivity contribution in [1.82, 2.24) is 4.72 Å². The molecular weight excluding hydrogens is 350 g/mol. The third-order valence-corrected chi connectivity index (χ3v) is 6.56. The van der Waals surface area contributed by atoms with Crippen LogP contribution in [0.15, 0.2) is 35.2 Å². The minimum Gasteiger partial charge on any atom is -0.497 e. The van der Waals surface area contributed by atoms with Gasteiger partial charge in [-0.2, -0.15) is 0 Å². The number of hydrogen-bond donors (Lipinski definition) is 1. The SMILES string of the molecule is COc1ccc2c(c1)CCC[C@H]2NS(=O)(=O)c1cc(C)c(OC)cc1C. The second-order valence-corrected chi connectivity index (χ2v) is 8.40. The van der Waals surface area contributed by atoms with Crippen LogP contribution in [0.4, 0.5) is 0 Å². The summed E-state index contributed by atoms with van der Waals surface area (Å²) in [6.07, 6.45) is 2.66. The number of sulfonamides is 1. The highest BCUT2D eigenvalue weighted by molar-refractivity contribution is 7.89. The van der Waals surface area contributed by atoms with E-state index < -0.39 is 10.0 Å². The quantitative estimate of drug-likeness (QED) is 0.866. The first-order chi connectivity index (χ1) is 12.4. The van der Waals surface area contributed by atoms with Crippen molar-refractivity contribution in [1.29, 1.82) is 0 Å². The van der Waals surface area contributed by atoms with Crippen LogP contribution in [0.1, 0.15) is 41.1 Å². The van der Waals surface area contributed by atoms with Crippen molar-refractivity contribution in [2.75, 3.05) is 14.2 Å². The van der Waals surface area contributed by atoms with Crippen molar-refractivity contribution in [3.63, 3.8) is 0 Å². The summed E-state index contributed by atoms with van der Waals surface area (Å²) < 4.78 is 39.5. The number of rotatable bonds is 5. The Kier molecular flexibility index (Phi) is 5.25. The molecule has 2 aromatic carbocycles. The third-order valence-electron chi connectivity index (χ3n) is 4.94. The molecule has 0 radical (unpaired) electrons. The van der Waals surface area contributed by atoms with E-state index in [4.69, 9.17) is 9.47 Å². The summed E-state index contributed by atoms with van der Waals surface area (Å²) in [4.78, 5) is 0.302. The summed E-state index contributed by atoms with van der Waals surface area (Å²) in [6.45, 7) is 3.63. The van der Waals surface area contributed by atoms with E-state index in [9.17, 15) is 8.42 Å². The summed E-state index contributed by atoms with van der Waals surface area (Å²) in [6, 6.07) is 9.06. The van der Waals surface area contributed by atoms with Gasteiger partial charge in [0.15, 0.2) is 0 Å². The van der Waals surface area contributed by atoms with Gasteiger partial charge in [-0.05, 0) is 79.6 Å². The predicted octanol–water partition coefficient (Wildman–Crippen LogP) is 3.68. The first-order valence-corrected chi connectivity index (χ1v) is 10.2. The van der Waals surface area contributed by atoms with E-state index in [2.05, 4.69) is 4.72 Å². The van der Waals surface area contributed by atoms with Gasteiger partial charge in [0.05, 0.1) is 19.1 Å². The van der Waals surface area contributed by atoms with Crippen LogP contribution in [-0.2, 0) is 16.4 Å². The molecule has 3 rings (SSSR count). The maximum Gasteiger partial charge on any atom is 0.241 e. The summed E-state index contributed by atoms with van der Waals surface area (Å²) >= 11 is 0. The average molecular weight is 375 g/mol. The van der Waals surface area contributed by atoms with Gasteiger partial charge in [0.25, 0.3) is 0 Å². The maximum atomic E-state index is 13.0. The number of aryl methyl sites for hydroxylation is 3. The Morgan fingerprint density at radius 1 is 1.04 bits per heavy atom. The molecular formula is C20H25NO4S. The highest BCUT2D eigenvalue weighted by atomic mass is 32.2. The van der Waals surface area contributed by atoms with Gasteiger partial charge < -0.3 is 9.47 Å². The molecule has 0 unspecified atom stereocenters. The third kappa shape index (κ3) is 3.57. The number of methoxy groups -OCH3 is 2. The van der Waals surface area contributed by atoms with Gasteiger partial charge in [0.2, 0.25) is 10.0 Å². The monoisotopic (exact) mass is 375 g/mol. The lowest BCUT2D eigenvalue weighted by Crippen LogP contribution is -2.31. The molecule has 140 valence electrons. The highest BCUT2D eigenvalue weighted by Gasteiger charge is 2.27. The van der Waals surface area contributed by atoms with E-state index in [1.54, 1.807) is 33.3 Å². The van der Waals surface area contributed by atoms with Crippen molar-refractivity contribution in [2.24, 2.45) is 0 Å². The summed E-state index contributed by atoms with van der Waals surface area (Å²) in [5.41, 5.74) is 3.65. The van der Waals surface area contributed by atoms with Crippen LogP contribution >= 0.6 is 0 Å². The van der Waals surface area contributed by atoms with Gasteiger partial charge in [0, 0.05) is 6.04 Å². The summed E-state index contributed by atoms with van der Waals surface area (Å²) in [5.74, 6) is 1.49. The lowest BCUT2D eigenvalue weighted by Gasteiger charge is -2.27. The Bertz CT molecular complexity index is 922. The molecule has 5 nitrogen and oxygen atoms in total. The van der Waals surface area contributed by atoms with E-state index in [-0.39, 0.29) is 6.04 Å². The molecule has 0 aliphatic heterocycles. The second kappa shape index (κ2) is 7.29. The van der Waals surface area contributed by atoms with E-state index in [1.807, 2.05) is 25.1 Å². The smallest absolute Gasteiger partial charge is 0.241 e. The molecule has 0 amide bonds. The fourth-order valence-corrected chi connectivity index (χ4v) is 5.12. The van der Waals surface area contributed by atoms with Crippen molar-refractivity contribution in [3.05, 3.63) is 52.6 Å². The fraction of sp³-hybridized carbons (Fsp3) is 0.400. The molecule has 2 aromatic rings. The highest BCUT2D eigenvalue weighted by Crippen LogP contribution is 2.34. The number of fused-ring (bicyclic) bond motifs is 1. The molecule has 0 saturated carbocycles.